The smallest absolute Gasteiger partial charge is 0.160 e. The molecule has 0 atom stereocenters. The van der Waals surface area contributed by atoms with Gasteiger partial charge in [0.1, 0.15) is 11.3 Å². The van der Waals surface area contributed by atoms with Gasteiger partial charge in [0.15, 0.2) is 5.82 Å². The molecule has 10 aromatic carbocycles. The van der Waals surface area contributed by atoms with Crippen molar-refractivity contribution in [3.05, 3.63) is 182 Å². The molecule has 3 nitrogen and oxygen atoms in total. The molecule has 0 saturated carbocycles. The van der Waals surface area contributed by atoms with Gasteiger partial charge in [-0.1, -0.05) is 152 Å². The summed E-state index contributed by atoms with van der Waals surface area (Å²) in [4.78, 5) is 10.6. The highest BCUT2D eigenvalue weighted by Crippen LogP contribution is 2.45. The number of benzene rings is 9. The molecule has 0 saturated heterocycles. The minimum Gasteiger partial charge on any atom is -0.456 e. The molecule has 2 heterocycles. The van der Waals surface area contributed by atoms with E-state index in [1.165, 1.54) is 64.6 Å². The van der Waals surface area contributed by atoms with Gasteiger partial charge in [-0.2, -0.15) is 0 Å². The molecular formula is C52H30N2O. The Morgan fingerprint density at radius 2 is 0.873 bits per heavy atom. The molecule has 254 valence electrons. The summed E-state index contributed by atoms with van der Waals surface area (Å²) < 4.78 is 6.42. The number of furan rings is 1. The Bertz CT molecular complexity index is 3450. The zero-order valence-electron chi connectivity index (χ0n) is 29.6. The van der Waals surface area contributed by atoms with E-state index in [0.29, 0.717) is 5.82 Å². The number of nitrogens with zero attached hydrogens (tertiary/aromatic N) is 2. The third-order valence-corrected chi connectivity index (χ3v) is 11.4. The lowest BCUT2D eigenvalue weighted by atomic mass is 9.87. The molecule has 2 aromatic heterocycles. The van der Waals surface area contributed by atoms with Crippen LogP contribution in [0.5, 0.6) is 0 Å². The van der Waals surface area contributed by atoms with Crippen LogP contribution in [0.4, 0.5) is 0 Å². The van der Waals surface area contributed by atoms with Crippen LogP contribution in [0, 0.1) is 0 Å². The van der Waals surface area contributed by atoms with Crippen LogP contribution in [-0.4, -0.2) is 9.97 Å². The standard InChI is InChI=1S/C52H30N2O/c1-2-11-34(12-3-1)52-53-44(30-45(54-52)38-17-5-6-18-39(38)47-29-35-13-4-7-22-46(35)55-47)37-27-36-26-25-33-15-9-20-41-40-19-8-14-31-23-24-32-16-10-21-42(50(32)48(31)40)43(28-37)51(36)49(33)41/h1-30H. The third-order valence-electron chi connectivity index (χ3n) is 11.4. The van der Waals surface area contributed by atoms with Gasteiger partial charge in [-0.25, -0.2) is 9.97 Å². The summed E-state index contributed by atoms with van der Waals surface area (Å²) in [6.45, 7) is 0. The highest BCUT2D eigenvalue weighted by molar-refractivity contribution is 6.37. The number of hydrogen-bond donors (Lipinski definition) is 0. The van der Waals surface area contributed by atoms with Crippen LogP contribution in [0.15, 0.2) is 186 Å². The van der Waals surface area contributed by atoms with Crippen molar-refractivity contribution in [2.24, 2.45) is 0 Å². The van der Waals surface area contributed by atoms with E-state index in [9.17, 15) is 0 Å². The van der Waals surface area contributed by atoms with E-state index in [0.717, 1.165) is 50.4 Å². The first-order valence-corrected chi connectivity index (χ1v) is 18.7. The van der Waals surface area contributed by atoms with Gasteiger partial charge in [0.2, 0.25) is 0 Å². The fraction of sp³-hybridized carbons (Fsp3) is 0. The lowest BCUT2D eigenvalue weighted by molar-refractivity contribution is 0.632. The maximum atomic E-state index is 6.42. The summed E-state index contributed by atoms with van der Waals surface area (Å²) in [5.41, 5.74) is 6.54. The summed E-state index contributed by atoms with van der Waals surface area (Å²) in [5, 5.41) is 16.1. The van der Waals surface area contributed by atoms with Crippen molar-refractivity contribution >= 4 is 75.6 Å². The third kappa shape index (κ3) is 4.57. The quantitative estimate of drug-likeness (QED) is 0.172. The molecule has 0 radical (unpaired) electrons. The predicted molar refractivity (Wildman–Crippen MR) is 230 cm³/mol. The first-order valence-electron chi connectivity index (χ1n) is 18.7. The molecule has 0 aliphatic rings. The second-order valence-corrected chi connectivity index (χ2v) is 14.5. The van der Waals surface area contributed by atoms with Crippen LogP contribution in [0.2, 0.25) is 0 Å². The molecule has 55 heavy (non-hydrogen) atoms. The van der Waals surface area contributed by atoms with E-state index in [1.54, 1.807) is 0 Å². The molecule has 0 aliphatic heterocycles. The van der Waals surface area contributed by atoms with Crippen molar-refractivity contribution in [2.45, 2.75) is 0 Å². The Hall–Kier alpha value is -7.36. The monoisotopic (exact) mass is 698 g/mol. The first kappa shape index (κ1) is 30.1. The lowest BCUT2D eigenvalue weighted by Gasteiger charge is -2.17. The maximum Gasteiger partial charge on any atom is 0.160 e. The van der Waals surface area contributed by atoms with Gasteiger partial charge in [-0.15, -0.1) is 0 Å². The molecule has 0 aliphatic carbocycles. The zero-order chi connectivity index (χ0) is 36.0. The van der Waals surface area contributed by atoms with Gasteiger partial charge in [0.25, 0.3) is 0 Å². The zero-order valence-corrected chi connectivity index (χ0v) is 29.6. The predicted octanol–water partition coefficient (Wildman–Crippen LogP) is 14.2. The first-order chi connectivity index (χ1) is 27.2. The Morgan fingerprint density at radius 3 is 1.56 bits per heavy atom. The largest absolute Gasteiger partial charge is 0.456 e. The molecular weight excluding hydrogens is 669 g/mol. The highest BCUT2D eigenvalue weighted by atomic mass is 16.3. The minimum atomic E-state index is 0.678. The molecule has 3 heteroatoms. The van der Waals surface area contributed by atoms with Crippen LogP contribution >= 0.6 is 0 Å². The Morgan fingerprint density at radius 1 is 0.327 bits per heavy atom. The SMILES string of the molecule is c1ccc(-c2nc(-c3cc4ccc5cccc6c7cccc8ccc9cccc(c(c3)c4c56)c9c87)cc(-c3ccccc3-c3cc4ccccc4o3)n2)cc1. The van der Waals surface area contributed by atoms with Crippen LogP contribution in [0.3, 0.4) is 0 Å². The van der Waals surface area contributed by atoms with E-state index in [-0.39, 0.29) is 0 Å². The van der Waals surface area contributed by atoms with E-state index in [4.69, 9.17) is 14.4 Å². The van der Waals surface area contributed by atoms with E-state index < -0.39 is 0 Å². The van der Waals surface area contributed by atoms with Crippen molar-refractivity contribution in [1.29, 1.82) is 0 Å². The normalized spacial score (nSPS) is 12.0. The van der Waals surface area contributed by atoms with Crippen LogP contribution in [0.25, 0.3) is 121 Å². The average Bonchev–Trinajstić information content (AvgIpc) is 3.69. The Balaban J connectivity index is 1.19. The number of fused-ring (bicyclic) bond motifs is 3. The van der Waals surface area contributed by atoms with Crippen molar-refractivity contribution in [3.8, 4) is 45.2 Å². The van der Waals surface area contributed by atoms with Crippen molar-refractivity contribution in [1.82, 2.24) is 9.97 Å². The molecule has 0 fully saturated rings. The fourth-order valence-corrected chi connectivity index (χ4v) is 8.92. The number of para-hydroxylation sites is 1. The molecule has 0 spiro atoms. The summed E-state index contributed by atoms with van der Waals surface area (Å²) >= 11 is 0. The van der Waals surface area contributed by atoms with Crippen LogP contribution < -0.4 is 0 Å². The summed E-state index contributed by atoms with van der Waals surface area (Å²) in [7, 11) is 0. The summed E-state index contributed by atoms with van der Waals surface area (Å²) in [5.74, 6) is 1.49. The van der Waals surface area contributed by atoms with Crippen LogP contribution in [0.1, 0.15) is 0 Å². The highest BCUT2D eigenvalue weighted by Gasteiger charge is 2.19. The lowest BCUT2D eigenvalue weighted by Crippen LogP contribution is -1.97. The van der Waals surface area contributed by atoms with Gasteiger partial charge in [0, 0.05) is 27.6 Å². The number of rotatable bonds is 4. The van der Waals surface area contributed by atoms with Gasteiger partial charge >= 0.3 is 0 Å². The molecule has 12 rings (SSSR count). The molecule has 0 bridgehead atoms. The van der Waals surface area contributed by atoms with Crippen LogP contribution in [-0.2, 0) is 0 Å². The van der Waals surface area contributed by atoms with E-state index >= 15 is 0 Å². The topological polar surface area (TPSA) is 38.9 Å². The molecule has 0 unspecified atom stereocenters. The maximum absolute atomic E-state index is 6.42. The molecule has 0 N–H and O–H groups in total. The summed E-state index contributed by atoms with van der Waals surface area (Å²) in [6, 6.07) is 65.0. The van der Waals surface area contributed by atoms with Gasteiger partial charge < -0.3 is 4.42 Å². The average molecular weight is 699 g/mol. The van der Waals surface area contributed by atoms with E-state index in [1.807, 2.05) is 36.4 Å². The van der Waals surface area contributed by atoms with E-state index in [2.05, 4.69) is 146 Å². The molecule has 12 aromatic rings. The number of hydrogen-bond acceptors (Lipinski definition) is 3. The molecule has 0 amide bonds. The van der Waals surface area contributed by atoms with Crippen molar-refractivity contribution < 1.29 is 4.42 Å². The second-order valence-electron chi connectivity index (χ2n) is 14.5. The van der Waals surface area contributed by atoms with Gasteiger partial charge in [0.05, 0.1) is 11.4 Å². The minimum absolute atomic E-state index is 0.678. The van der Waals surface area contributed by atoms with Crippen molar-refractivity contribution in [3.63, 3.8) is 0 Å². The Labute approximate surface area is 316 Å². The van der Waals surface area contributed by atoms with Gasteiger partial charge in [-0.05, 0) is 95.0 Å². The Kier molecular flexibility index (Phi) is 6.34. The second kappa shape index (κ2) is 11.6. The van der Waals surface area contributed by atoms with Crippen molar-refractivity contribution in [2.75, 3.05) is 0 Å². The fourth-order valence-electron chi connectivity index (χ4n) is 8.92. The summed E-state index contributed by atoms with van der Waals surface area (Å²) in [6.07, 6.45) is 0. The number of aromatic nitrogens is 2. The van der Waals surface area contributed by atoms with Gasteiger partial charge in [-0.3, -0.25) is 0 Å².